The SMILES string of the molecule is COc1ccc(N2CCN(C(=O)COC(=O)c3ccoc3)CC2)cc1. The van der Waals surface area contributed by atoms with Crippen LogP contribution in [-0.4, -0.2) is 56.7 Å². The lowest BCUT2D eigenvalue weighted by Gasteiger charge is -2.36. The van der Waals surface area contributed by atoms with Crippen molar-refractivity contribution in [3.63, 3.8) is 0 Å². The number of piperazine rings is 1. The third kappa shape index (κ3) is 4.12. The van der Waals surface area contributed by atoms with Crippen molar-refractivity contribution in [1.82, 2.24) is 4.90 Å². The van der Waals surface area contributed by atoms with Gasteiger partial charge in [0.25, 0.3) is 5.91 Å². The molecule has 0 bridgehead atoms. The maximum atomic E-state index is 12.2. The van der Waals surface area contributed by atoms with Crippen LogP contribution in [0.2, 0.25) is 0 Å². The number of hydrogen-bond acceptors (Lipinski definition) is 6. The zero-order valence-corrected chi connectivity index (χ0v) is 14.0. The molecule has 0 radical (unpaired) electrons. The van der Waals surface area contributed by atoms with Crippen LogP contribution in [0, 0.1) is 0 Å². The number of amides is 1. The Morgan fingerprint density at radius 3 is 2.40 bits per heavy atom. The van der Waals surface area contributed by atoms with Gasteiger partial charge in [-0.2, -0.15) is 0 Å². The van der Waals surface area contributed by atoms with Crippen molar-refractivity contribution >= 4 is 17.6 Å². The smallest absolute Gasteiger partial charge is 0.341 e. The highest BCUT2D eigenvalue weighted by molar-refractivity contribution is 5.90. The molecule has 1 aromatic carbocycles. The van der Waals surface area contributed by atoms with Gasteiger partial charge in [-0.1, -0.05) is 0 Å². The van der Waals surface area contributed by atoms with E-state index in [4.69, 9.17) is 13.9 Å². The number of nitrogens with zero attached hydrogens (tertiary/aromatic N) is 2. The Morgan fingerprint density at radius 1 is 1.08 bits per heavy atom. The van der Waals surface area contributed by atoms with E-state index in [1.165, 1.54) is 18.6 Å². The Balaban J connectivity index is 1.46. The molecule has 0 saturated carbocycles. The molecule has 3 rings (SSSR count). The largest absolute Gasteiger partial charge is 0.497 e. The fourth-order valence-electron chi connectivity index (χ4n) is 2.69. The molecule has 0 spiro atoms. The molecule has 2 heterocycles. The molecular formula is C18H20N2O5. The Kier molecular flexibility index (Phi) is 5.23. The molecule has 0 unspecified atom stereocenters. The Morgan fingerprint density at radius 2 is 1.80 bits per heavy atom. The predicted octanol–water partition coefficient (Wildman–Crippen LogP) is 1.79. The summed E-state index contributed by atoms with van der Waals surface area (Å²) in [6.07, 6.45) is 2.68. The standard InChI is InChI=1S/C18H20N2O5/c1-23-16-4-2-15(3-5-16)19-7-9-20(10-8-19)17(21)13-25-18(22)14-6-11-24-12-14/h2-6,11-12H,7-10,13H2,1H3. The van der Waals surface area contributed by atoms with Gasteiger partial charge in [0.1, 0.15) is 12.0 Å². The summed E-state index contributed by atoms with van der Waals surface area (Å²) < 4.78 is 15.0. The molecule has 1 saturated heterocycles. The average Bonchev–Trinajstić information content (AvgIpc) is 3.21. The van der Waals surface area contributed by atoms with Crippen LogP contribution in [0.15, 0.2) is 47.3 Å². The molecule has 1 fully saturated rings. The van der Waals surface area contributed by atoms with Crippen LogP contribution in [0.25, 0.3) is 0 Å². The van der Waals surface area contributed by atoms with E-state index in [1.54, 1.807) is 12.0 Å². The number of esters is 1. The second-order valence-corrected chi connectivity index (χ2v) is 5.65. The lowest BCUT2D eigenvalue weighted by Crippen LogP contribution is -2.49. The highest BCUT2D eigenvalue weighted by atomic mass is 16.5. The van der Waals surface area contributed by atoms with E-state index in [-0.39, 0.29) is 12.5 Å². The summed E-state index contributed by atoms with van der Waals surface area (Å²) in [6, 6.07) is 9.34. The van der Waals surface area contributed by atoms with Crippen molar-refractivity contribution in [2.24, 2.45) is 0 Å². The third-order valence-electron chi connectivity index (χ3n) is 4.15. The van der Waals surface area contributed by atoms with Gasteiger partial charge in [-0.25, -0.2) is 4.79 Å². The lowest BCUT2D eigenvalue weighted by molar-refractivity contribution is -0.134. The highest BCUT2D eigenvalue weighted by Crippen LogP contribution is 2.20. The number of furan rings is 1. The summed E-state index contributed by atoms with van der Waals surface area (Å²) in [6.45, 7) is 2.39. The van der Waals surface area contributed by atoms with Gasteiger partial charge in [0.05, 0.1) is 18.9 Å². The molecule has 1 aliphatic rings. The molecule has 1 aliphatic heterocycles. The maximum absolute atomic E-state index is 12.2. The van der Waals surface area contributed by atoms with Gasteiger partial charge in [0.2, 0.25) is 0 Å². The van der Waals surface area contributed by atoms with Gasteiger partial charge >= 0.3 is 5.97 Å². The molecule has 1 aromatic heterocycles. The number of benzene rings is 1. The number of anilines is 1. The second kappa shape index (κ2) is 7.74. The first-order valence-electron chi connectivity index (χ1n) is 8.03. The fraction of sp³-hybridized carbons (Fsp3) is 0.333. The summed E-state index contributed by atoms with van der Waals surface area (Å²) >= 11 is 0. The number of carbonyl (C=O) groups is 2. The molecule has 7 nitrogen and oxygen atoms in total. The maximum Gasteiger partial charge on any atom is 0.341 e. The van der Waals surface area contributed by atoms with Crippen LogP contribution < -0.4 is 9.64 Å². The van der Waals surface area contributed by atoms with Gasteiger partial charge < -0.3 is 23.7 Å². The van der Waals surface area contributed by atoms with E-state index in [0.717, 1.165) is 24.5 Å². The number of ether oxygens (including phenoxy) is 2. The molecule has 0 atom stereocenters. The van der Waals surface area contributed by atoms with Crippen molar-refractivity contribution in [3.8, 4) is 5.75 Å². The van der Waals surface area contributed by atoms with E-state index in [9.17, 15) is 9.59 Å². The number of hydrogen-bond donors (Lipinski definition) is 0. The van der Waals surface area contributed by atoms with Crippen LogP contribution in [0.3, 0.4) is 0 Å². The lowest BCUT2D eigenvalue weighted by atomic mass is 10.2. The first kappa shape index (κ1) is 16.9. The number of rotatable bonds is 5. The molecule has 0 N–H and O–H groups in total. The van der Waals surface area contributed by atoms with Crippen LogP contribution in [-0.2, 0) is 9.53 Å². The summed E-state index contributed by atoms with van der Waals surface area (Å²) in [5.41, 5.74) is 1.40. The second-order valence-electron chi connectivity index (χ2n) is 5.65. The van der Waals surface area contributed by atoms with Crippen LogP contribution >= 0.6 is 0 Å². The Labute approximate surface area is 145 Å². The molecule has 132 valence electrons. The van der Waals surface area contributed by atoms with E-state index < -0.39 is 5.97 Å². The van der Waals surface area contributed by atoms with Gasteiger partial charge in [0.15, 0.2) is 6.61 Å². The summed E-state index contributed by atoms with van der Waals surface area (Å²) in [5.74, 6) is 0.0715. The third-order valence-corrected chi connectivity index (χ3v) is 4.15. The summed E-state index contributed by atoms with van der Waals surface area (Å²) in [7, 11) is 1.64. The molecule has 7 heteroatoms. The quantitative estimate of drug-likeness (QED) is 0.770. The van der Waals surface area contributed by atoms with E-state index in [1.807, 2.05) is 24.3 Å². The zero-order valence-electron chi connectivity index (χ0n) is 14.0. The zero-order chi connectivity index (χ0) is 17.6. The highest BCUT2D eigenvalue weighted by Gasteiger charge is 2.22. The normalized spacial score (nSPS) is 14.3. The monoisotopic (exact) mass is 344 g/mol. The predicted molar refractivity (Wildman–Crippen MR) is 90.8 cm³/mol. The Hall–Kier alpha value is -2.96. The van der Waals surface area contributed by atoms with E-state index >= 15 is 0 Å². The van der Waals surface area contributed by atoms with Crippen molar-refractivity contribution < 1.29 is 23.5 Å². The van der Waals surface area contributed by atoms with E-state index in [0.29, 0.717) is 18.7 Å². The molecule has 25 heavy (non-hydrogen) atoms. The average molecular weight is 344 g/mol. The Bertz CT molecular complexity index is 704. The van der Waals surface area contributed by atoms with Gasteiger partial charge in [-0.15, -0.1) is 0 Å². The first-order valence-corrected chi connectivity index (χ1v) is 8.03. The minimum Gasteiger partial charge on any atom is -0.497 e. The molecular weight excluding hydrogens is 324 g/mol. The van der Waals surface area contributed by atoms with Crippen molar-refractivity contribution in [1.29, 1.82) is 0 Å². The summed E-state index contributed by atoms with van der Waals surface area (Å²) in [4.78, 5) is 27.8. The van der Waals surface area contributed by atoms with Crippen molar-refractivity contribution in [2.75, 3.05) is 44.8 Å². The first-order chi connectivity index (χ1) is 12.2. The molecule has 0 aliphatic carbocycles. The molecule has 1 amide bonds. The molecule has 2 aromatic rings. The van der Waals surface area contributed by atoms with Gasteiger partial charge in [-0.05, 0) is 30.3 Å². The van der Waals surface area contributed by atoms with Crippen molar-refractivity contribution in [3.05, 3.63) is 48.4 Å². The number of methoxy groups -OCH3 is 1. The van der Waals surface area contributed by atoms with Gasteiger partial charge in [-0.3, -0.25) is 4.79 Å². The van der Waals surface area contributed by atoms with Crippen LogP contribution in [0.1, 0.15) is 10.4 Å². The number of carbonyl (C=O) groups excluding carboxylic acids is 2. The van der Waals surface area contributed by atoms with Crippen molar-refractivity contribution in [2.45, 2.75) is 0 Å². The minimum atomic E-state index is -0.557. The topological polar surface area (TPSA) is 72.2 Å². The van der Waals surface area contributed by atoms with E-state index in [2.05, 4.69) is 4.90 Å². The van der Waals surface area contributed by atoms with Gasteiger partial charge in [0, 0.05) is 31.9 Å². The fourth-order valence-corrected chi connectivity index (χ4v) is 2.69. The van der Waals surface area contributed by atoms with Crippen LogP contribution in [0.5, 0.6) is 5.75 Å². The summed E-state index contributed by atoms with van der Waals surface area (Å²) in [5, 5.41) is 0. The van der Waals surface area contributed by atoms with Crippen LogP contribution in [0.4, 0.5) is 5.69 Å². The minimum absolute atomic E-state index is 0.189.